The summed E-state index contributed by atoms with van der Waals surface area (Å²) < 4.78 is 22.6. The first-order valence-electron chi connectivity index (χ1n) is 7.32. The summed E-state index contributed by atoms with van der Waals surface area (Å²) in [4.78, 5) is 0. The molecule has 120 valence electrons. The highest BCUT2D eigenvalue weighted by Gasteiger charge is 2.46. The van der Waals surface area contributed by atoms with Crippen molar-refractivity contribution in [3.63, 3.8) is 0 Å². The Kier molecular flexibility index (Phi) is 6.88. The standard InChI is InChI=1S/C15H31NO4/c1-10(16)12-8-13(19-6)15(2,3)14(20-12)7-11(18-5)9-17-4/h10-14H,7-9,16H2,1-6H3/t10?,11-,12-,13+,14+/m0/s1. The average molecular weight is 289 g/mol. The number of methoxy groups -OCH3 is 3. The molecule has 0 aromatic carbocycles. The summed E-state index contributed by atoms with van der Waals surface area (Å²) in [5.74, 6) is 0. The van der Waals surface area contributed by atoms with Crippen molar-refractivity contribution in [3.8, 4) is 0 Å². The summed E-state index contributed by atoms with van der Waals surface area (Å²) in [7, 11) is 5.15. The van der Waals surface area contributed by atoms with Crippen LogP contribution in [0.5, 0.6) is 0 Å². The second-order valence-electron chi connectivity index (χ2n) is 6.35. The first kappa shape index (κ1) is 17.9. The molecular formula is C15H31NO4. The lowest BCUT2D eigenvalue weighted by Crippen LogP contribution is -2.55. The molecule has 2 N–H and O–H groups in total. The van der Waals surface area contributed by atoms with Gasteiger partial charge in [0.15, 0.2) is 0 Å². The van der Waals surface area contributed by atoms with Crippen molar-refractivity contribution in [2.45, 2.75) is 64.1 Å². The Morgan fingerprint density at radius 2 is 1.95 bits per heavy atom. The summed E-state index contributed by atoms with van der Waals surface area (Å²) in [6.45, 7) is 6.91. The zero-order valence-corrected chi connectivity index (χ0v) is 13.7. The molecule has 0 aromatic rings. The van der Waals surface area contributed by atoms with Crippen molar-refractivity contribution in [1.29, 1.82) is 0 Å². The van der Waals surface area contributed by atoms with E-state index in [-0.39, 0.29) is 35.9 Å². The molecule has 1 fully saturated rings. The van der Waals surface area contributed by atoms with Gasteiger partial charge in [0, 0.05) is 45.6 Å². The number of nitrogens with two attached hydrogens (primary N) is 1. The number of hydrogen-bond donors (Lipinski definition) is 1. The highest BCUT2D eigenvalue weighted by Crippen LogP contribution is 2.40. The van der Waals surface area contributed by atoms with E-state index < -0.39 is 0 Å². The van der Waals surface area contributed by atoms with Crippen LogP contribution in [0, 0.1) is 5.41 Å². The molecule has 0 spiro atoms. The molecule has 5 heteroatoms. The van der Waals surface area contributed by atoms with Crippen LogP contribution < -0.4 is 5.73 Å². The minimum atomic E-state index is -0.0787. The molecule has 1 heterocycles. The summed E-state index contributed by atoms with van der Waals surface area (Å²) >= 11 is 0. The molecule has 1 aliphatic rings. The van der Waals surface area contributed by atoms with Gasteiger partial charge in [-0.25, -0.2) is 0 Å². The zero-order chi connectivity index (χ0) is 15.3. The second-order valence-corrected chi connectivity index (χ2v) is 6.35. The monoisotopic (exact) mass is 289 g/mol. The lowest BCUT2D eigenvalue weighted by atomic mass is 9.73. The van der Waals surface area contributed by atoms with Gasteiger partial charge in [-0.3, -0.25) is 0 Å². The lowest BCUT2D eigenvalue weighted by Gasteiger charge is -2.48. The fourth-order valence-corrected chi connectivity index (χ4v) is 2.92. The number of rotatable bonds is 7. The zero-order valence-electron chi connectivity index (χ0n) is 13.7. The summed E-state index contributed by atoms with van der Waals surface area (Å²) in [5, 5.41) is 0. The van der Waals surface area contributed by atoms with Gasteiger partial charge in [-0.05, 0) is 6.92 Å². The lowest BCUT2D eigenvalue weighted by molar-refractivity contribution is -0.197. The Morgan fingerprint density at radius 3 is 2.40 bits per heavy atom. The van der Waals surface area contributed by atoms with Crippen LogP contribution in [0.1, 0.15) is 33.6 Å². The van der Waals surface area contributed by atoms with Gasteiger partial charge in [0.25, 0.3) is 0 Å². The fourth-order valence-electron chi connectivity index (χ4n) is 2.92. The van der Waals surface area contributed by atoms with E-state index in [0.29, 0.717) is 6.61 Å². The van der Waals surface area contributed by atoms with Crippen molar-refractivity contribution >= 4 is 0 Å². The van der Waals surface area contributed by atoms with E-state index >= 15 is 0 Å². The van der Waals surface area contributed by atoms with Gasteiger partial charge in [0.2, 0.25) is 0 Å². The van der Waals surface area contributed by atoms with E-state index in [2.05, 4.69) is 13.8 Å². The topological polar surface area (TPSA) is 62.9 Å². The Hall–Kier alpha value is -0.200. The molecule has 1 aliphatic heterocycles. The van der Waals surface area contributed by atoms with Gasteiger partial charge in [-0.2, -0.15) is 0 Å². The highest BCUT2D eigenvalue weighted by molar-refractivity contribution is 4.96. The van der Waals surface area contributed by atoms with E-state index in [1.165, 1.54) is 0 Å². The molecule has 5 atom stereocenters. The van der Waals surface area contributed by atoms with E-state index in [1.54, 1.807) is 21.3 Å². The minimum Gasteiger partial charge on any atom is -0.382 e. The maximum Gasteiger partial charge on any atom is 0.0829 e. The van der Waals surface area contributed by atoms with Crippen LogP contribution in [0.3, 0.4) is 0 Å². The number of ether oxygens (including phenoxy) is 4. The van der Waals surface area contributed by atoms with Crippen LogP contribution in [0.4, 0.5) is 0 Å². The van der Waals surface area contributed by atoms with Gasteiger partial charge in [-0.15, -0.1) is 0 Å². The first-order chi connectivity index (χ1) is 9.36. The molecule has 1 rings (SSSR count). The van der Waals surface area contributed by atoms with E-state index in [9.17, 15) is 0 Å². The van der Waals surface area contributed by atoms with Crippen molar-refractivity contribution in [3.05, 3.63) is 0 Å². The molecule has 0 radical (unpaired) electrons. The molecule has 5 nitrogen and oxygen atoms in total. The maximum absolute atomic E-state index is 6.23. The molecule has 0 aliphatic carbocycles. The molecule has 1 unspecified atom stereocenters. The molecular weight excluding hydrogens is 258 g/mol. The Morgan fingerprint density at radius 1 is 1.30 bits per heavy atom. The van der Waals surface area contributed by atoms with Gasteiger partial charge in [-0.1, -0.05) is 13.8 Å². The quantitative estimate of drug-likeness (QED) is 0.771. The average Bonchev–Trinajstić information content (AvgIpc) is 2.39. The highest BCUT2D eigenvalue weighted by atomic mass is 16.5. The van der Waals surface area contributed by atoms with Crippen LogP contribution in [-0.2, 0) is 18.9 Å². The summed E-state index contributed by atoms with van der Waals surface area (Å²) in [6, 6.07) is -0.00494. The third-order valence-electron chi connectivity index (χ3n) is 4.48. The van der Waals surface area contributed by atoms with Gasteiger partial charge < -0.3 is 24.7 Å². The summed E-state index contributed by atoms with van der Waals surface area (Å²) in [5.41, 5.74) is 5.94. The van der Waals surface area contributed by atoms with Crippen molar-refractivity contribution in [2.75, 3.05) is 27.9 Å². The predicted molar refractivity (Wildman–Crippen MR) is 78.8 cm³/mol. The Labute approximate surface area is 123 Å². The third-order valence-corrected chi connectivity index (χ3v) is 4.48. The Bertz CT molecular complexity index is 283. The smallest absolute Gasteiger partial charge is 0.0829 e. The van der Waals surface area contributed by atoms with E-state index in [1.807, 2.05) is 6.92 Å². The maximum atomic E-state index is 6.23. The first-order valence-corrected chi connectivity index (χ1v) is 7.32. The van der Waals surface area contributed by atoms with Gasteiger partial charge >= 0.3 is 0 Å². The van der Waals surface area contributed by atoms with Gasteiger partial charge in [0.1, 0.15) is 0 Å². The molecule has 0 aromatic heterocycles. The van der Waals surface area contributed by atoms with Crippen molar-refractivity contribution in [1.82, 2.24) is 0 Å². The van der Waals surface area contributed by atoms with E-state index in [0.717, 1.165) is 12.8 Å². The van der Waals surface area contributed by atoms with Crippen LogP contribution in [0.2, 0.25) is 0 Å². The second kappa shape index (κ2) is 7.71. The van der Waals surface area contributed by atoms with Crippen LogP contribution >= 0.6 is 0 Å². The normalized spacial score (nSPS) is 32.9. The SMILES string of the molecule is COC[C@H](C[C@H]1O[C@H](C(C)N)C[C@@H](OC)C1(C)C)OC. The third kappa shape index (κ3) is 4.15. The molecule has 20 heavy (non-hydrogen) atoms. The predicted octanol–water partition coefficient (Wildman–Crippen LogP) is 1.58. The molecule has 1 saturated heterocycles. The molecule has 0 saturated carbocycles. The van der Waals surface area contributed by atoms with Crippen molar-refractivity contribution in [2.24, 2.45) is 11.1 Å². The van der Waals surface area contributed by atoms with Crippen LogP contribution in [0.25, 0.3) is 0 Å². The number of hydrogen-bond acceptors (Lipinski definition) is 5. The molecule has 0 amide bonds. The van der Waals surface area contributed by atoms with Crippen LogP contribution in [-0.4, -0.2) is 58.4 Å². The molecule has 0 bridgehead atoms. The van der Waals surface area contributed by atoms with Crippen LogP contribution in [0.15, 0.2) is 0 Å². The fraction of sp³-hybridized carbons (Fsp3) is 1.00. The van der Waals surface area contributed by atoms with Gasteiger partial charge in [0.05, 0.1) is 31.0 Å². The minimum absolute atomic E-state index is 0.00494. The van der Waals surface area contributed by atoms with Crippen molar-refractivity contribution < 1.29 is 18.9 Å². The summed E-state index contributed by atoms with van der Waals surface area (Å²) in [6.07, 6.45) is 1.83. The Balaban J connectivity index is 2.82. The largest absolute Gasteiger partial charge is 0.382 e. The van der Waals surface area contributed by atoms with E-state index in [4.69, 9.17) is 24.7 Å².